The molecule has 1 unspecified atom stereocenters. The molecule has 7 nitrogen and oxygen atoms in total. The Balaban J connectivity index is 1.33. The highest BCUT2D eigenvalue weighted by atomic mass is 16.5. The van der Waals surface area contributed by atoms with E-state index < -0.39 is 24.0 Å². The van der Waals surface area contributed by atoms with Crippen LogP contribution in [0.15, 0.2) is 73.3 Å². The van der Waals surface area contributed by atoms with Crippen molar-refractivity contribution in [3.63, 3.8) is 0 Å². The monoisotopic (exact) mass is 460 g/mol. The molecule has 0 aromatic heterocycles. The quantitative estimate of drug-likeness (QED) is 0.517. The molecule has 0 bridgehead atoms. The maximum atomic E-state index is 12.6. The molecule has 0 fully saturated rings. The van der Waals surface area contributed by atoms with E-state index in [1.54, 1.807) is 0 Å². The van der Waals surface area contributed by atoms with Crippen LogP contribution in [-0.2, 0) is 14.3 Å². The fourth-order valence-corrected chi connectivity index (χ4v) is 4.68. The summed E-state index contributed by atoms with van der Waals surface area (Å²) >= 11 is 0. The van der Waals surface area contributed by atoms with Crippen LogP contribution in [-0.4, -0.2) is 41.8 Å². The van der Waals surface area contributed by atoms with Crippen LogP contribution < -0.4 is 10.6 Å². The van der Waals surface area contributed by atoms with E-state index in [9.17, 15) is 19.5 Å². The molecule has 4 rings (SSSR count). The molecule has 7 heteroatoms. The lowest BCUT2D eigenvalue weighted by atomic mass is 9.90. The second-order valence-electron chi connectivity index (χ2n) is 8.60. The first-order chi connectivity index (χ1) is 16.5. The number of carbonyl (C=O) groups excluding carboxylic acids is 2. The number of carboxylic acid groups (broad SMARTS) is 1. The Hall–Kier alpha value is -3.87. The normalized spacial score (nSPS) is 19.4. The van der Waals surface area contributed by atoms with Crippen LogP contribution in [0.4, 0.5) is 4.79 Å². The van der Waals surface area contributed by atoms with Gasteiger partial charge >= 0.3 is 12.1 Å². The van der Waals surface area contributed by atoms with Crippen molar-refractivity contribution >= 4 is 18.0 Å². The van der Waals surface area contributed by atoms with E-state index in [0.29, 0.717) is 12.8 Å². The molecule has 0 spiro atoms. The summed E-state index contributed by atoms with van der Waals surface area (Å²) in [5.41, 5.74) is 4.59. The number of alkyl carbamates (subject to hydrolysis) is 1. The minimum Gasteiger partial charge on any atom is -0.480 e. The van der Waals surface area contributed by atoms with Gasteiger partial charge in [-0.05, 0) is 41.5 Å². The number of ether oxygens (including phenoxy) is 1. The molecule has 0 radical (unpaired) electrons. The maximum Gasteiger partial charge on any atom is 0.407 e. The largest absolute Gasteiger partial charge is 0.480 e. The van der Waals surface area contributed by atoms with Crippen LogP contribution in [0.1, 0.15) is 36.3 Å². The van der Waals surface area contributed by atoms with Gasteiger partial charge in [0.05, 0.1) is 6.04 Å². The first-order valence-electron chi connectivity index (χ1n) is 11.4. The summed E-state index contributed by atoms with van der Waals surface area (Å²) in [6.45, 7) is 3.74. The molecule has 2 aromatic carbocycles. The first kappa shape index (κ1) is 23.3. The van der Waals surface area contributed by atoms with Crippen LogP contribution in [0.25, 0.3) is 11.1 Å². The molecule has 3 atom stereocenters. The number of hydrogen-bond acceptors (Lipinski definition) is 4. The Morgan fingerprint density at radius 2 is 1.74 bits per heavy atom. The van der Waals surface area contributed by atoms with E-state index in [1.807, 2.05) is 36.4 Å². The minimum absolute atomic E-state index is 0.0311. The summed E-state index contributed by atoms with van der Waals surface area (Å²) in [6, 6.07) is 14.9. The molecular formula is C27H28N2O5. The summed E-state index contributed by atoms with van der Waals surface area (Å²) in [4.78, 5) is 36.4. The van der Waals surface area contributed by atoms with Gasteiger partial charge in [0.25, 0.3) is 0 Å². The zero-order valence-electron chi connectivity index (χ0n) is 18.8. The number of nitrogens with one attached hydrogen (secondary N) is 2. The third-order valence-electron chi connectivity index (χ3n) is 6.36. The van der Waals surface area contributed by atoms with Crippen molar-refractivity contribution in [3.8, 4) is 11.1 Å². The molecule has 2 aromatic rings. The van der Waals surface area contributed by atoms with Crippen molar-refractivity contribution in [3.05, 3.63) is 84.5 Å². The van der Waals surface area contributed by atoms with Gasteiger partial charge in [-0.1, -0.05) is 66.8 Å². The van der Waals surface area contributed by atoms with Crippen LogP contribution in [0.2, 0.25) is 0 Å². The van der Waals surface area contributed by atoms with E-state index in [4.69, 9.17) is 4.74 Å². The zero-order chi connectivity index (χ0) is 24.1. The summed E-state index contributed by atoms with van der Waals surface area (Å²) in [6.07, 6.45) is 5.57. The van der Waals surface area contributed by atoms with E-state index in [-0.39, 0.29) is 30.9 Å². The Morgan fingerprint density at radius 3 is 2.35 bits per heavy atom. The average molecular weight is 461 g/mol. The number of fused-ring (bicyclic) bond motifs is 3. The number of rotatable bonds is 8. The Bertz CT molecular complexity index is 1080. The predicted molar refractivity (Wildman–Crippen MR) is 128 cm³/mol. The molecule has 0 aliphatic heterocycles. The van der Waals surface area contributed by atoms with Crippen molar-refractivity contribution in [1.82, 2.24) is 10.6 Å². The number of carbonyl (C=O) groups is 3. The van der Waals surface area contributed by atoms with E-state index in [1.165, 1.54) is 6.08 Å². The van der Waals surface area contributed by atoms with Gasteiger partial charge in [-0.3, -0.25) is 4.79 Å². The molecule has 2 amide bonds. The van der Waals surface area contributed by atoms with Crippen molar-refractivity contribution in [2.45, 2.75) is 37.3 Å². The summed E-state index contributed by atoms with van der Waals surface area (Å²) in [5.74, 6) is -1.92. The minimum atomic E-state index is -1.10. The lowest BCUT2D eigenvalue weighted by molar-refractivity contribution is -0.142. The highest BCUT2D eigenvalue weighted by molar-refractivity contribution is 5.85. The summed E-state index contributed by atoms with van der Waals surface area (Å²) < 4.78 is 5.59. The van der Waals surface area contributed by atoms with Gasteiger partial charge in [-0.2, -0.15) is 0 Å². The second kappa shape index (κ2) is 10.4. The SMILES string of the molecule is C=CCC(NC(=O)[C@@H]1CC=C[C@@H](NC(=O)OCC2c3ccccc3-c3ccccc32)C1)C(=O)O. The number of carboxylic acids is 1. The van der Waals surface area contributed by atoms with Gasteiger partial charge in [-0.15, -0.1) is 6.58 Å². The molecule has 0 saturated carbocycles. The predicted octanol–water partition coefficient (Wildman–Crippen LogP) is 4.01. The third kappa shape index (κ3) is 5.03. The third-order valence-corrected chi connectivity index (χ3v) is 6.36. The maximum absolute atomic E-state index is 12.6. The van der Waals surface area contributed by atoms with E-state index in [2.05, 4.69) is 41.5 Å². The molecule has 2 aliphatic carbocycles. The number of hydrogen-bond donors (Lipinski definition) is 3. The molecule has 3 N–H and O–H groups in total. The van der Waals surface area contributed by atoms with Gasteiger partial charge in [0.1, 0.15) is 12.6 Å². The van der Waals surface area contributed by atoms with E-state index in [0.717, 1.165) is 22.3 Å². The molecule has 2 aliphatic rings. The molecule has 0 saturated heterocycles. The molecule has 176 valence electrons. The topological polar surface area (TPSA) is 105 Å². The van der Waals surface area contributed by atoms with Gasteiger partial charge < -0.3 is 20.5 Å². The fraction of sp³-hybridized carbons (Fsp3) is 0.296. The fourth-order valence-electron chi connectivity index (χ4n) is 4.68. The average Bonchev–Trinajstić information content (AvgIpc) is 3.16. The van der Waals surface area contributed by atoms with Crippen molar-refractivity contribution in [2.24, 2.45) is 5.92 Å². The molecule has 0 heterocycles. The standard InChI is InChI=1S/C27H28N2O5/c1-2-8-24(26(31)32)29-25(30)17-9-7-10-18(15-17)28-27(33)34-16-23-21-13-5-3-11-19(21)20-12-4-6-14-22(20)23/h2-7,10-14,17-18,23-24H,1,8-9,15-16H2,(H,28,33)(H,29,30)(H,31,32)/t17-,18-,24?/m1/s1. The van der Waals surface area contributed by atoms with Gasteiger partial charge in [0.15, 0.2) is 0 Å². The number of amides is 2. The highest BCUT2D eigenvalue weighted by Gasteiger charge is 2.31. The Morgan fingerprint density at radius 1 is 1.09 bits per heavy atom. The second-order valence-corrected chi connectivity index (χ2v) is 8.60. The van der Waals surface area contributed by atoms with Crippen LogP contribution in [0.3, 0.4) is 0 Å². The summed E-state index contributed by atoms with van der Waals surface area (Å²) in [7, 11) is 0. The van der Waals surface area contributed by atoms with Crippen LogP contribution >= 0.6 is 0 Å². The smallest absolute Gasteiger partial charge is 0.407 e. The van der Waals surface area contributed by atoms with Crippen molar-refractivity contribution in [2.75, 3.05) is 6.61 Å². The van der Waals surface area contributed by atoms with Crippen LogP contribution in [0.5, 0.6) is 0 Å². The summed E-state index contributed by atoms with van der Waals surface area (Å²) in [5, 5.41) is 14.6. The number of allylic oxidation sites excluding steroid dienone is 1. The zero-order valence-corrected chi connectivity index (χ0v) is 18.8. The Kier molecular flexibility index (Phi) is 7.11. The lowest BCUT2D eigenvalue weighted by Gasteiger charge is -2.26. The van der Waals surface area contributed by atoms with Gasteiger partial charge in [0.2, 0.25) is 5.91 Å². The highest BCUT2D eigenvalue weighted by Crippen LogP contribution is 2.44. The molecule has 34 heavy (non-hydrogen) atoms. The van der Waals surface area contributed by atoms with E-state index >= 15 is 0 Å². The first-order valence-corrected chi connectivity index (χ1v) is 11.4. The lowest BCUT2D eigenvalue weighted by Crippen LogP contribution is -2.46. The number of benzene rings is 2. The van der Waals surface area contributed by atoms with Crippen LogP contribution in [0, 0.1) is 5.92 Å². The van der Waals surface area contributed by atoms with Gasteiger partial charge in [-0.25, -0.2) is 9.59 Å². The van der Waals surface area contributed by atoms with Crippen molar-refractivity contribution in [1.29, 1.82) is 0 Å². The van der Waals surface area contributed by atoms with Gasteiger partial charge in [0, 0.05) is 11.8 Å². The molecular weight excluding hydrogens is 432 g/mol. The Labute approximate surface area is 198 Å². The van der Waals surface area contributed by atoms with Crippen molar-refractivity contribution < 1.29 is 24.2 Å². The number of aliphatic carboxylic acids is 1.